The van der Waals surface area contributed by atoms with E-state index < -0.39 is 0 Å². The Balaban J connectivity index is 1.52. The lowest BCUT2D eigenvalue weighted by atomic mass is 10.2. The van der Waals surface area contributed by atoms with Crippen LogP contribution >= 0.6 is 0 Å². The molecular formula is C18H16N4O2. The van der Waals surface area contributed by atoms with Gasteiger partial charge in [-0.05, 0) is 30.3 Å². The molecule has 3 aromatic heterocycles. The molecule has 1 unspecified atom stereocenters. The number of aromatic nitrogens is 3. The Morgan fingerprint density at radius 1 is 1.25 bits per heavy atom. The van der Waals surface area contributed by atoms with Crippen molar-refractivity contribution in [3.8, 4) is 0 Å². The van der Waals surface area contributed by atoms with Gasteiger partial charge in [0.1, 0.15) is 17.5 Å². The third-order valence-corrected chi connectivity index (χ3v) is 3.95. The van der Waals surface area contributed by atoms with Crippen LogP contribution in [0.15, 0.2) is 71.6 Å². The van der Waals surface area contributed by atoms with Gasteiger partial charge in [0.15, 0.2) is 0 Å². The van der Waals surface area contributed by atoms with E-state index in [4.69, 9.17) is 4.42 Å². The van der Waals surface area contributed by atoms with Crippen molar-refractivity contribution in [1.29, 1.82) is 0 Å². The molecule has 1 aromatic carbocycles. The van der Waals surface area contributed by atoms with E-state index in [-0.39, 0.29) is 11.9 Å². The zero-order valence-corrected chi connectivity index (χ0v) is 12.8. The maximum atomic E-state index is 12.5. The molecule has 1 atom stereocenters. The highest BCUT2D eigenvalue weighted by Gasteiger charge is 2.19. The Morgan fingerprint density at radius 3 is 2.92 bits per heavy atom. The van der Waals surface area contributed by atoms with Gasteiger partial charge in [-0.3, -0.25) is 9.48 Å². The molecule has 6 heteroatoms. The zero-order chi connectivity index (χ0) is 16.4. The van der Waals surface area contributed by atoms with Crippen LogP contribution in [0.25, 0.3) is 10.9 Å². The maximum Gasteiger partial charge on any atom is 0.267 e. The van der Waals surface area contributed by atoms with Crippen LogP contribution < -0.4 is 5.32 Å². The molecule has 0 radical (unpaired) electrons. The number of hydrogen-bond donors (Lipinski definition) is 2. The highest BCUT2D eigenvalue weighted by molar-refractivity contribution is 5.97. The number of nitrogens with one attached hydrogen (secondary N) is 2. The van der Waals surface area contributed by atoms with Gasteiger partial charge in [-0.15, -0.1) is 0 Å². The van der Waals surface area contributed by atoms with Crippen LogP contribution in [-0.2, 0) is 0 Å². The van der Waals surface area contributed by atoms with E-state index in [2.05, 4.69) is 15.4 Å². The Labute approximate surface area is 138 Å². The number of hydrogen-bond acceptors (Lipinski definition) is 3. The van der Waals surface area contributed by atoms with Crippen molar-refractivity contribution in [3.05, 3.63) is 78.6 Å². The summed E-state index contributed by atoms with van der Waals surface area (Å²) in [4.78, 5) is 15.6. The molecule has 0 saturated carbocycles. The second kappa shape index (κ2) is 6.08. The fourth-order valence-electron chi connectivity index (χ4n) is 2.75. The van der Waals surface area contributed by atoms with Gasteiger partial charge < -0.3 is 14.7 Å². The normalized spacial score (nSPS) is 12.3. The number of furan rings is 1. The minimum absolute atomic E-state index is 0.157. The fourth-order valence-corrected chi connectivity index (χ4v) is 2.75. The summed E-state index contributed by atoms with van der Waals surface area (Å²) in [5.74, 6) is 0.588. The van der Waals surface area contributed by atoms with Crippen molar-refractivity contribution >= 4 is 16.8 Å². The molecule has 0 saturated heterocycles. The molecule has 0 fully saturated rings. The van der Waals surface area contributed by atoms with Gasteiger partial charge in [-0.1, -0.05) is 18.2 Å². The number of para-hydroxylation sites is 1. The van der Waals surface area contributed by atoms with E-state index in [9.17, 15) is 4.79 Å². The Bertz CT molecular complexity index is 871. The Hall–Kier alpha value is -3.28. The summed E-state index contributed by atoms with van der Waals surface area (Å²) in [5, 5.41) is 8.21. The fraction of sp³-hybridized carbons (Fsp3) is 0.111. The predicted octanol–water partition coefficient (Wildman–Crippen LogP) is 2.98. The minimum atomic E-state index is -0.191. The molecule has 0 aliphatic heterocycles. The van der Waals surface area contributed by atoms with E-state index in [1.165, 1.54) is 0 Å². The topological polar surface area (TPSA) is 75.8 Å². The average Bonchev–Trinajstić information content (AvgIpc) is 3.35. The van der Waals surface area contributed by atoms with Crippen molar-refractivity contribution < 1.29 is 9.21 Å². The number of carbonyl (C=O) groups excluding carboxylic acids is 1. The standard InChI is InChI=1S/C18H16N4O2/c23-18(15-11-13-5-1-2-6-14(13)21-15)19-12-16(17-7-3-10-24-17)22-9-4-8-20-22/h1-11,16,21H,12H2,(H,19,23). The lowest BCUT2D eigenvalue weighted by Crippen LogP contribution is -2.31. The quantitative estimate of drug-likeness (QED) is 0.593. The summed E-state index contributed by atoms with van der Waals surface area (Å²) in [6.07, 6.45) is 5.17. The monoisotopic (exact) mass is 320 g/mol. The lowest BCUT2D eigenvalue weighted by Gasteiger charge is -2.15. The second-order valence-electron chi connectivity index (χ2n) is 5.50. The summed E-state index contributed by atoms with van der Waals surface area (Å²) in [6.45, 7) is 0.378. The van der Waals surface area contributed by atoms with Crippen LogP contribution in [0.2, 0.25) is 0 Å². The zero-order valence-electron chi connectivity index (χ0n) is 12.8. The van der Waals surface area contributed by atoms with Gasteiger partial charge >= 0.3 is 0 Å². The molecule has 0 aliphatic rings. The largest absolute Gasteiger partial charge is 0.467 e. The Kier molecular flexibility index (Phi) is 3.63. The number of nitrogens with zero attached hydrogens (tertiary/aromatic N) is 2. The van der Waals surface area contributed by atoms with Crippen molar-refractivity contribution in [2.24, 2.45) is 0 Å². The van der Waals surface area contributed by atoms with Crippen molar-refractivity contribution in [3.63, 3.8) is 0 Å². The maximum absolute atomic E-state index is 12.5. The van der Waals surface area contributed by atoms with Gasteiger partial charge in [0.05, 0.1) is 6.26 Å². The van der Waals surface area contributed by atoms with E-state index in [1.807, 2.05) is 54.7 Å². The molecule has 0 aliphatic carbocycles. The lowest BCUT2D eigenvalue weighted by molar-refractivity contribution is 0.0944. The third kappa shape index (κ3) is 2.69. The van der Waals surface area contributed by atoms with Gasteiger partial charge in [-0.2, -0.15) is 5.10 Å². The van der Waals surface area contributed by atoms with Crippen molar-refractivity contribution in [2.45, 2.75) is 6.04 Å². The second-order valence-corrected chi connectivity index (χ2v) is 5.50. The number of carbonyl (C=O) groups is 1. The van der Waals surface area contributed by atoms with Crippen LogP contribution in [0.1, 0.15) is 22.3 Å². The molecule has 4 rings (SSSR count). The highest BCUT2D eigenvalue weighted by atomic mass is 16.3. The van der Waals surface area contributed by atoms with Crippen molar-refractivity contribution in [2.75, 3.05) is 6.54 Å². The van der Waals surface area contributed by atoms with E-state index in [0.717, 1.165) is 16.7 Å². The predicted molar refractivity (Wildman–Crippen MR) is 89.7 cm³/mol. The van der Waals surface area contributed by atoms with Crippen LogP contribution in [-0.4, -0.2) is 27.2 Å². The third-order valence-electron chi connectivity index (χ3n) is 3.95. The first-order valence-electron chi connectivity index (χ1n) is 7.70. The number of benzene rings is 1. The Morgan fingerprint density at radius 2 is 2.17 bits per heavy atom. The SMILES string of the molecule is O=C(NCC(c1ccco1)n1cccn1)c1cc2ccccc2[nH]1. The average molecular weight is 320 g/mol. The van der Waals surface area contributed by atoms with E-state index in [0.29, 0.717) is 12.2 Å². The number of H-pyrrole nitrogens is 1. The van der Waals surface area contributed by atoms with Crippen molar-refractivity contribution in [1.82, 2.24) is 20.1 Å². The summed E-state index contributed by atoms with van der Waals surface area (Å²) >= 11 is 0. The number of rotatable bonds is 5. The number of amides is 1. The molecular weight excluding hydrogens is 304 g/mol. The highest BCUT2D eigenvalue weighted by Crippen LogP contribution is 2.18. The molecule has 4 aromatic rings. The van der Waals surface area contributed by atoms with Crippen LogP contribution in [0, 0.1) is 0 Å². The van der Waals surface area contributed by atoms with Crippen LogP contribution in [0.3, 0.4) is 0 Å². The molecule has 0 spiro atoms. The molecule has 2 N–H and O–H groups in total. The smallest absolute Gasteiger partial charge is 0.267 e. The first kappa shape index (κ1) is 14.3. The summed E-state index contributed by atoms with van der Waals surface area (Å²) in [7, 11) is 0. The number of aromatic amines is 1. The first-order valence-corrected chi connectivity index (χ1v) is 7.70. The molecule has 6 nitrogen and oxygen atoms in total. The molecule has 120 valence electrons. The van der Waals surface area contributed by atoms with E-state index in [1.54, 1.807) is 17.1 Å². The first-order chi connectivity index (χ1) is 11.8. The summed E-state index contributed by atoms with van der Waals surface area (Å²) in [5.41, 5.74) is 1.48. The van der Waals surface area contributed by atoms with Crippen LogP contribution in [0.5, 0.6) is 0 Å². The molecule has 24 heavy (non-hydrogen) atoms. The van der Waals surface area contributed by atoms with Gasteiger partial charge in [0.25, 0.3) is 5.91 Å². The molecule has 0 bridgehead atoms. The minimum Gasteiger partial charge on any atom is -0.467 e. The molecule has 1 amide bonds. The number of fused-ring (bicyclic) bond motifs is 1. The van der Waals surface area contributed by atoms with Gasteiger partial charge in [-0.25, -0.2) is 0 Å². The van der Waals surface area contributed by atoms with Gasteiger partial charge in [0, 0.05) is 29.8 Å². The molecule has 3 heterocycles. The van der Waals surface area contributed by atoms with Gasteiger partial charge in [0.2, 0.25) is 0 Å². The summed E-state index contributed by atoms with van der Waals surface area (Å²) in [6, 6.07) is 15.0. The van der Waals surface area contributed by atoms with E-state index >= 15 is 0 Å². The van der Waals surface area contributed by atoms with Crippen LogP contribution in [0.4, 0.5) is 0 Å². The summed E-state index contributed by atoms with van der Waals surface area (Å²) < 4.78 is 7.25.